The Kier molecular flexibility index (Phi) is 4.77. The number of carbonyl (C=O) groups is 3. The van der Waals surface area contributed by atoms with Gasteiger partial charge in [-0.05, 0) is 28.3 Å². The Morgan fingerprint density at radius 1 is 0.800 bits per heavy atom. The van der Waals surface area contributed by atoms with E-state index in [4.69, 9.17) is 4.74 Å². The van der Waals surface area contributed by atoms with Crippen LogP contribution in [0, 0.1) is 22.0 Å². The topological polar surface area (TPSA) is 107 Å². The summed E-state index contributed by atoms with van der Waals surface area (Å²) in [6.07, 6.45) is 0. The molecule has 35 heavy (non-hydrogen) atoms. The zero-order valence-electron chi connectivity index (χ0n) is 18.5. The zero-order valence-corrected chi connectivity index (χ0v) is 18.5. The fraction of sp³-hybridized carbons (Fsp3) is 0.222. The number of nitro benzene ring substituents is 1. The molecule has 2 amide bonds. The molecule has 1 aliphatic heterocycles. The molecule has 0 aromatic heterocycles. The number of benzene rings is 3. The minimum absolute atomic E-state index is 0.0941. The van der Waals surface area contributed by atoms with E-state index >= 15 is 0 Å². The van der Waals surface area contributed by atoms with Gasteiger partial charge in [0.05, 0.1) is 23.3 Å². The summed E-state index contributed by atoms with van der Waals surface area (Å²) in [5, 5.41) is 11.2. The number of rotatable bonds is 5. The second-order valence-electron chi connectivity index (χ2n) is 9.00. The maximum atomic E-state index is 13.5. The van der Waals surface area contributed by atoms with E-state index in [1.54, 1.807) is 0 Å². The predicted octanol–water partition coefficient (Wildman–Crippen LogP) is 3.64. The average Bonchev–Trinajstić information content (AvgIpc) is 3.14. The Balaban J connectivity index is 1.25. The number of nitrogens with zero attached hydrogens (tertiary/aromatic N) is 2. The minimum Gasteiger partial charge on any atom is -0.460 e. The summed E-state index contributed by atoms with van der Waals surface area (Å²) in [5.74, 6) is -2.79. The smallest absolute Gasteiger partial charge is 0.345 e. The first-order valence-corrected chi connectivity index (χ1v) is 11.4. The van der Waals surface area contributed by atoms with Gasteiger partial charge < -0.3 is 4.74 Å². The van der Waals surface area contributed by atoms with Crippen molar-refractivity contribution in [3.8, 4) is 0 Å². The molecule has 2 unspecified atom stereocenters. The first-order chi connectivity index (χ1) is 17.0. The van der Waals surface area contributed by atoms with E-state index in [1.165, 1.54) is 29.2 Å². The van der Waals surface area contributed by atoms with Gasteiger partial charge in [0.1, 0.15) is 12.2 Å². The van der Waals surface area contributed by atoms with Crippen molar-refractivity contribution in [1.29, 1.82) is 0 Å². The van der Waals surface area contributed by atoms with Crippen molar-refractivity contribution in [2.45, 2.75) is 11.8 Å². The van der Waals surface area contributed by atoms with Crippen LogP contribution in [0.2, 0.25) is 0 Å². The van der Waals surface area contributed by atoms with Crippen molar-refractivity contribution >= 4 is 23.5 Å². The lowest BCUT2D eigenvalue weighted by molar-refractivity contribution is -0.385. The Labute approximate surface area is 200 Å². The molecule has 174 valence electrons. The van der Waals surface area contributed by atoms with Crippen LogP contribution in [0.3, 0.4) is 0 Å². The molecule has 1 heterocycles. The van der Waals surface area contributed by atoms with Gasteiger partial charge in [-0.25, -0.2) is 4.79 Å². The number of hydrogen-bond acceptors (Lipinski definition) is 6. The van der Waals surface area contributed by atoms with Gasteiger partial charge in [0.25, 0.3) is 5.69 Å². The quantitative estimate of drug-likeness (QED) is 0.245. The molecule has 1 fully saturated rings. The fourth-order valence-electron chi connectivity index (χ4n) is 6.07. The van der Waals surface area contributed by atoms with Crippen LogP contribution < -0.4 is 0 Å². The summed E-state index contributed by atoms with van der Waals surface area (Å²) < 4.78 is 5.23. The van der Waals surface area contributed by atoms with Crippen LogP contribution in [0.4, 0.5) is 5.69 Å². The van der Waals surface area contributed by atoms with Crippen LogP contribution in [0.1, 0.15) is 44.4 Å². The number of carbonyl (C=O) groups excluding carboxylic acids is 3. The van der Waals surface area contributed by atoms with Crippen molar-refractivity contribution < 1.29 is 24.0 Å². The maximum absolute atomic E-state index is 13.5. The van der Waals surface area contributed by atoms with Gasteiger partial charge in [-0.1, -0.05) is 60.7 Å². The second-order valence-corrected chi connectivity index (χ2v) is 9.00. The highest BCUT2D eigenvalue weighted by molar-refractivity contribution is 6.07. The lowest BCUT2D eigenvalue weighted by atomic mass is 9.55. The van der Waals surface area contributed by atoms with Crippen LogP contribution in [0.15, 0.2) is 72.8 Å². The molecule has 4 aliphatic rings. The Hall–Kier alpha value is -4.33. The number of imide groups is 1. The maximum Gasteiger partial charge on any atom is 0.345 e. The van der Waals surface area contributed by atoms with Crippen molar-refractivity contribution in [3.05, 3.63) is 111 Å². The van der Waals surface area contributed by atoms with E-state index in [0.717, 1.165) is 22.3 Å². The number of ether oxygens (including phenoxy) is 1. The van der Waals surface area contributed by atoms with Crippen LogP contribution in [0.5, 0.6) is 0 Å². The lowest BCUT2D eigenvalue weighted by Gasteiger charge is -2.45. The largest absolute Gasteiger partial charge is 0.460 e. The van der Waals surface area contributed by atoms with Crippen LogP contribution in [-0.4, -0.2) is 40.8 Å². The molecule has 2 atom stereocenters. The summed E-state index contributed by atoms with van der Waals surface area (Å²) in [6.45, 7) is -0.333. The monoisotopic (exact) mass is 468 g/mol. The third-order valence-electron chi connectivity index (χ3n) is 7.41. The molecule has 2 bridgehead atoms. The Morgan fingerprint density at radius 2 is 1.26 bits per heavy atom. The van der Waals surface area contributed by atoms with E-state index in [2.05, 4.69) is 0 Å². The minimum atomic E-state index is -0.867. The second kappa shape index (κ2) is 7.87. The van der Waals surface area contributed by atoms with Gasteiger partial charge in [0.15, 0.2) is 0 Å². The number of likely N-dealkylation sites (tertiary alicyclic amines) is 1. The van der Waals surface area contributed by atoms with Crippen LogP contribution >= 0.6 is 0 Å². The molecule has 0 saturated carbocycles. The summed E-state index contributed by atoms with van der Waals surface area (Å²) in [4.78, 5) is 51.2. The number of amides is 2. The number of esters is 1. The lowest BCUT2D eigenvalue weighted by Crippen LogP contribution is -2.41. The van der Waals surface area contributed by atoms with E-state index in [-0.39, 0.29) is 48.1 Å². The van der Waals surface area contributed by atoms with Crippen molar-refractivity contribution in [3.63, 3.8) is 0 Å². The molecule has 1 saturated heterocycles. The normalized spacial score (nSPS) is 23.5. The first-order valence-electron chi connectivity index (χ1n) is 11.4. The number of hydrogen-bond donors (Lipinski definition) is 0. The molecule has 8 heteroatoms. The molecule has 7 rings (SSSR count). The van der Waals surface area contributed by atoms with Gasteiger partial charge in [0.2, 0.25) is 11.8 Å². The molecule has 0 radical (unpaired) electrons. The third kappa shape index (κ3) is 3.02. The van der Waals surface area contributed by atoms with Crippen molar-refractivity contribution in [2.75, 3.05) is 13.2 Å². The SMILES string of the molecule is O=C(OCCN1C(=O)C2C3c4ccccc4C(c4ccccc43)C2C1=O)c1ccccc1[N+](=O)[O-]. The fourth-order valence-corrected chi connectivity index (χ4v) is 6.07. The number of nitro groups is 1. The van der Waals surface area contributed by atoms with E-state index in [1.807, 2.05) is 48.5 Å². The molecular formula is C27H20N2O6. The average molecular weight is 468 g/mol. The predicted molar refractivity (Wildman–Crippen MR) is 124 cm³/mol. The first kappa shape index (κ1) is 21.2. The van der Waals surface area contributed by atoms with Gasteiger partial charge in [-0.3, -0.25) is 24.6 Å². The summed E-state index contributed by atoms with van der Waals surface area (Å²) in [6, 6.07) is 21.5. The third-order valence-corrected chi connectivity index (χ3v) is 7.41. The van der Waals surface area contributed by atoms with Gasteiger partial charge >= 0.3 is 5.97 Å². The highest BCUT2D eigenvalue weighted by Gasteiger charge is 2.61. The van der Waals surface area contributed by atoms with E-state index in [0.29, 0.717) is 0 Å². The van der Waals surface area contributed by atoms with Gasteiger partial charge in [-0.2, -0.15) is 0 Å². The summed E-state index contributed by atoms with van der Waals surface area (Å²) in [5.41, 5.74) is 3.82. The molecule has 0 spiro atoms. The highest BCUT2D eigenvalue weighted by Crippen LogP contribution is 2.60. The molecule has 3 aliphatic carbocycles. The standard InChI is InChI=1S/C27H20N2O6/c30-25-23-21-15-7-1-2-8-16(15)22(18-10-4-3-9-17(18)21)24(23)26(31)28(25)13-14-35-27(32)19-11-5-6-12-20(19)29(33)34/h1-12,21-24H,13-14H2. The molecule has 0 N–H and O–H groups in total. The van der Waals surface area contributed by atoms with Crippen molar-refractivity contribution in [1.82, 2.24) is 4.90 Å². The highest BCUT2D eigenvalue weighted by atomic mass is 16.6. The Morgan fingerprint density at radius 3 is 1.74 bits per heavy atom. The molecule has 3 aromatic rings. The Bertz CT molecular complexity index is 1300. The molecular weight excluding hydrogens is 448 g/mol. The van der Waals surface area contributed by atoms with Gasteiger partial charge in [0, 0.05) is 17.9 Å². The van der Waals surface area contributed by atoms with Crippen LogP contribution in [0.25, 0.3) is 0 Å². The van der Waals surface area contributed by atoms with E-state index in [9.17, 15) is 24.5 Å². The number of para-hydroxylation sites is 1. The molecule has 8 nitrogen and oxygen atoms in total. The van der Waals surface area contributed by atoms with E-state index < -0.39 is 22.7 Å². The summed E-state index contributed by atoms with van der Waals surface area (Å²) >= 11 is 0. The summed E-state index contributed by atoms with van der Waals surface area (Å²) in [7, 11) is 0. The van der Waals surface area contributed by atoms with Crippen molar-refractivity contribution in [2.24, 2.45) is 11.8 Å². The zero-order chi connectivity index (χ0) is 24.3. The van der Waals surface area contributed by atoms with Gasteiger partial charge in [-0.15, -0.1) is 0 Å². The van der Waals surface area contributed by atoms with Crippen LogP contribution in [-0.2, 0) is 14.3 Å². The molecule has 3 aromatic carbocycles.